The van der Waals surface area contributed by atoms with E-state index in [-0.39, 0.29) is 29.8 Å². The van der Waals surface area contributed by atoms with Crippen molar-refractivity contribution in [3.8, 4) is 23.0 Å². The monoisotopic (exact) mass is 622 g/mol. The van der Waals surface area contributed by atoms with Crippen molar-refractivity contribution in [3.63, 3.8) is 0 Å². The minimum atomic E-state index is -4.91. The fourth-order valence-electron chi connectivity index (χ4n) is 4.00. The molecule has 43 heavy (non-hydrogen) atoms. The number of hydrogen-bond donors (Lipinski definition) is 1. The van der Waals surface area contributed by atoms with Gasteiger partial charge in [-0.05, 0) is 49.2 Å². The highest BCUT2D eigenvalue weighted by Crippen LogP contribution is 2.38. The number of alkyl halides is 3. The van der Waals surface area contributed by atoms with Crippen molar-refractivity contribution in [2.45, 2.75) is 30.8 Å². The second kappa shape index (κ2) is 13.2. The molecule has 0 unspecified atom stereocenters. The van der Waals surface area contributed by atoms with Crippen LogP contribution in [0.1, 0.15) is 25.3 Å². The summed E-state index contributed by atoms with van der Waals surface area (Å²) in [4.78, 5) is 14.2. The molecule has 0 saturated heterocycles. The van der Waals surface area contributed by atoms with E-state index in [0.29, 0.717) is 47.9 Å². The number of carbonyl (C=O) groups excluding carboxylic acids is 1. The lowest BCUT2D eigenvalue weighted by molar-refractivity contribution is -0.141. The van der Waals surface area contributed by atoms with Crippen LogP contribution in [-0.2, 0) is 25.7 Å². The molecule has 14 heteroatoms. The van der Waals surface area contributed by atoms with Gasteiger partial charge in [0.05, 0.1) is 42.0 Å². The predicted molar refractivity (Wildman–Crippen MR) is 148 cm³/mol. The first-order valence-electron chi connectivity index (χ1n) is 12.8. The quantitative estimate of drug-likeness (QED) is 0.105. The Bertz CT molecular complexity index is 1730. The summed E-state index contributed by atoms with van der Waals surface area (Å²) in [6.07, 6.45) is -2.25. The van der Waals surface area contributed by atoms with Crippen LogP contribution in [0.4, 0.5) is 23.2 Å². The molecule has 0 saturated carbocycles. The Balaban J connectivity index is 1.52. The lowest BCUT2D eigenvalue weighted by Gasteiger charge is -2.15. The molecule has 0 aliphatic rings. The van der Waals surface area contributed by atoms with Crippen LogP contribution in [0.15, 0.2) is 71.8 Å². The van der Waals surface area contributed by atoms with Crippen molar-refractivity contribution in [1.29, 1.82) is 0 Å². The third-order valence-electron chi connectivity index (χ3n) is 5.97. The van der Waals surface area contributed by atoms with Gasteiger partial charge in [-0.25, -0.2) is 12.8 Å². The predicted octanol–water partition coefficient (Wildman–Crippen LogP) is 6.72. The summed E-state index contributed by atoms with van der Waals surface area (Å²) < 4.78 is 104. The number of fused-ring (bicyclic) bond motifs is 1. The molecule has 0 bridgehead atoms. The standard InChI is InChI=1S/C29H26F4N2O7S/c1-18(36)40-13-5-6-14-41-27-17-23-20(16-26(27)39-2)24(11-12-34-23)42-25-10-9-19(15-22(25)30)35-43(37,38)28-8-4-3-7-21(28)29(31,32)33/h3-4,7-12,15-17,35H,5-6,13-14H2,1-2H3. The van der Waals surface area contributed by atoms with E-state index in [2.05, 4.69) is 4.98 Å². The number of sulfonamides is 1. The molecule has 1 aromatic heterocycles. The Morgan fingerprint density at radius 1 is 0.930 bits per heavy atom. The topological polar surface area (TPSA) is 113 Å². The zero-order valence-corrected chi connectivity index (χ0v) is 23.7. The highest BCUT2D eigenvalue weighted by molar-refractivity contribution is 7.92. The molecule has 0 spiro atoms. The average molecular weight is 623 g/mol. The van der Waals surface area contributed by atoms with Gasteiger partial charge < -0.3 is 18.9 Å². The summed E-state index contributed by atoms with van der Waals surface area (Å²) in [5, 5.41) is 0.453. The molecule has 0 aliphatic heterocycles. The summed E-state index contributed by atoms with van der Waals surface area (Å²) in [6, 6.07) is 11.5. The lowest BCUT2D eigenvalue weighted by atomic mass is 10.1. The molecular formula is C29H26F4N2O7S. The molecule has 1 heterocycles. The molecule has 4 rings (SSSR count). The first kappa shape index (κ1) is 31.3. The summed E-state index contributed by atoms with van der Waals surface area (Å²) in [5.74, 6) is -0.653. The van der Waals surface area contributed by atoms with Crippen LogP contribution in [0.3, 0.4) is 0 Å². The number of unbranched alkanes of at least 4 members (excludes halogenated alkanes) is 1. The van der Waals surface area contributed by atoms with Crippen LogP contribution < -0.4 is 18.9 Å². The maximum absolute atomic E-state index is 15.0. The number of aromatic nitrogens is 1. The molecule has 1 N–H and O–H groups in total. The zero-order valence-electron chi connectivity index (χ0n) is 22.9. The number of ether oxygens (including phenoxy) is 4. The first-order valence-corrected chi connectivity index (χ1v) is 14.3. The van der Waals surface area contributed by atoms with Crippen LogP contribution in [0, 0.1) is 5.82 Å². The van der Waals surface area contributed by atoms with E-state index >= 15 is 4.39 Å². The smallest absolute Gasteiger partial charge is 0.417 e. The van der Waals surface area contributed by atoms with E-state index in [4.69, 9.17) is 18.9 Å². The number of rotatable bonds is 12. The summed E-state index contributed by atoms with van der Waals surface area (Å²) in [6.45, 7) is 1.94. The first-order chi connectivity index (χ1) is 20.4. The molecule has 0 amide bonds. The van der Waals surface area contributed by atoms with E-state index in [0.717, 1.165) is 36.4 Å². The third kappa shape index (κ3) is 7.83. The maximum atomic E-state index is 15.0. The van der Waals surface area contributed by atoms with Crippen molar-refractivity contribution in [1.82, 2.24) is 4.98 Å². The second-order valence-corrected chi connectivity index (χ2v) is 10.7. The van der Waals surface area contributed by atoms with Crippen molar-refractivity contribution >= 4 is 32.6 Å². The number of carbonyl (C=O) groups is 1. The Kier molecular flexibility index (Phi) is 9.59. The molecule has 0 atom stereocenters. The highest BCUT2D eigenvalue weighted by atomic mass is 32.2. The van der Waals surface area contributed by atoms with Gasteiger partial charge in [-0.15, -0.1) is 0 Å². The number of esters is 1. The number of nitrogens with zero attached hydrogens (tertiary/aromatic N) is 1. The van der Waals surface area contributed by atoms with Crippen molar-refractivity contribution in [2.75, 3.05) is 25.0 Å². The van der Waals surface area contributed by atoms with Crippen molar-refractivity contribution < 1.29 is 49.7 Å². The lowest BCUT2D eigenvalue weighted by Crippen LogP contribution is -2.19. The number of halogens is 4. The molecule has 0 radical (unpaired) electrons. The van der Waals surface area contributed by atoms with Gasteiger partial charge in [-0.1, -0.05) is 12.1 Å². The van der Waals surface area contributed by atoms with Gasteiger partial charge in [0.2, 0.25) is 0 Å². The van der Waals surface area contributed by atoms with Crippen LogP contribution in [-0.4, -0.2) is 39.7 Å². The fraction of sp³-hybridized carbons (Fsp3) is 0.241. The van der Waals surface area contributed by atoms with Gasteiger partial charge in [0.25, 0.3) is 10.0 Å². The Morgan fingerprint density at radius 2 is 1.67 bits per heavy atom. The minimum Gasteiger partial charge on any atom is -0.493 e. The summed E-state index contributed by atoms with van der Waals surface area (Å²) >= 11 is 0. The van der Waals surface area contributed by atoms with Crippen molar-refractivity contribution in [2.24, 2.45) is 0 Å². The van der Waals surface area contributed by atoms with Gasteiger partial charge in [0.1, 0.15) is 5.75 Å². The van der Waals surface area contributed by atoms with E-state index in [1.54, 1.807) is 12.1 Å². The second-order valence-electron chi connectivity index (χ2n) is 9.07. The minimum absolute atomic E-state index is 0.197. The van der Waals surface area contributed by atoms with Gasteiger partial charge >= 0.3 is 12.1 Å². The Hall–Kier alpha value is -4.59. The van der Waals surface area contributed by atoms with E-state index in [1.165, 1.54) is 26.3 Å². The number of anilines is 1. The SMILES string of the molecule is COc1cc2c(Oc3ccc(NS(=O)(=O)c4ccccc4C(F)(F)F)cc3F)ccnc2cc1OCCCCOC(C)=O. The number of methoxy groups -OCH3 is 1. The normalized spacial score (nSPS) is 11.7. The molecule has 3 aromatic carbocycles. The third-order valence-corrected chi connectivity index (χ3v) is 7.41. The molecule has 228 valence electrons. The largest absolute Gasteiger partial charge is 0.493 e. The summed E-state index contributed by atoms with van der Waals surface area (Å²) in [5.41, 5.74) is -1.21. The zero-order chi connectivity index (χ0) is 31.2. The number of hydrogen-bond acceptors (Lipinski definition) is 8. The van der Waals surface area contributed by atoms with Gasteiger partial charge in [0.15, 0.2) is 23.1 Å². The number of pyridine rings is 1. The van der Waals surface area contributed by atoms with Crippen LogP contribution in [0.2, 0.25) is 0 Å². The van der Waals surface area contributed by atoms with E-state index < -0.39 is 32.5 Å². The molecule has 9 nitrogen and oxygen atoms in total. The number of nitrogens with one attached hydrogen (secondary N) is 1. The van der Waals surface area contributed by atoms with Crippen molar-refractivity contribution in [3.05, 3.63) is 78.2 Å². The van der Waals surface area contributed by atoms with Crippen LogP contribution in [0.25, 0.3) is 10.9 Å². The maximum Gasteiger partial charge on any atom is 0.417 e. The van der Waals surface area contributed by atoms with Gasteiger partial charge in [-0.2, -0.15) is 13.2 Å². The van der Waals surface area contributed by atoms with Gasteiger partial charge in [0, 0.05) is 30.6 Å². The Labute approximate surface area is 244 Å². The molecule has 0 fully saturated rings. The van der Waals surface area contributed by atoms with Crippen LogP contribution >= 0.6 is 0 Å². The van der Waals surface area contributed by atoms with Gasteiger partial charge in [-0.3, -0.25) is 14.5 Å². The molecule has 4 aromatic rings. The number of benzene rings is 3. The Morgan fingerprint density at radius 3 is 2.37 bits per heavy atom. The average Bonchev–Trinajstić information content (AvgIpc) is 2.95. The highest BCUT2D eigenvalue weighted by Gasteiger charge is 2.37. The molecular weight excluding hydrogens is 596 g/mol. The van der Waals surface area contributed by atoms with E-state index in [9.17, 15) is 26.4 Å². The van der Waals surface area contributed by atoms with E-state index in [1.807, 2.05) is 4.72 Å². The summed E-state index contributed by atoms with van der Waals surface area (Å²) in [7, 11) is -3.26. The fourth-order valence-corrected chi connectivity index (χ4v) is 5.28. The van der Waals surface area contributed by atoms with Crippen LogP contribution in [0.5, 0.6) is 23.0 Å². The molecule has 0 aliphatic carbocycles.